The van der Waals surface area contributed by atoms with Crippen molar-refractivity contribution in [2.24, 2.45) is 0 Å². The number of hydrogen-bond donors (Lipinski definition) is 0. The van der Waals surface area contributed by atoms with Crippen LogP contribution >= 0.6 is 0 Å². The van der Waals surface area contributed by atoms with Gasteiger partial charge >= 0.3 is 0 Å². The first-order valence-electron chi connectivity index (χ1n) is 6.28. The van der Waals surface area contributed by atoms with Crippen LogP contribution in [-0.4, -0.2) is 12.7 Å². The summed E-state index contributed by atoms with van der Waals surface area (Å²) < 4.78 is 25.4. The molecule has 0 radical (unpaired) electrons. The van der Waals surface area contributed by atoms with E-state index in [9.17, 15) is 8.42 Å². The van der Waals surface area contributed by atoms with Gasteiger partial charge in [0.25, 0.3) is 10.0 Å². The van der Waals surface area contributed by atoms with Gasteiger partial charge in [0, 0.05) is 6.20 Å². The fraction of sp³-hybridized carbons (Fsp3) is 0.0625. The van der Waals surface area contributed by atoms with Gasteiger partial charge in [-0.3, -0.25) is 0 Å². The van der Waals surface area contributed by atoms with E-state index in [1.54, 1.807) is 24.4 Å². The Hall–Kier alpha value is -2.58. The topological polar surface area (TPSA) is 61.2 Å². The van der Waals surface area contributed by atoms with Gasteiger partial charge in [0.05, 0.1) is 4.90 Å². The predicted molar refractivity (Wildman–Crippen MR) is 81.3 cm³/mol. The Morgan fingerprint density at radius 1 is 1.05 bits per heavy atom. The largest absolute Gasteiger partial charge is 0.276 e. The summed E-state index contributed by atoms with van der Waals surface area (Å²) in [5.74, 6) is 0. The third-order valence-electron chi connectivity index (χ3n) is 2.88. The third kappa shape index (κ3) is 3.50. The van der Waals surface area contributed by atoms with Gasteiger partial charge in [0.1, 0.15) is 0 Å². The first-order chi connectivity index (χ1) is 10.0. The van der Waals surface area contributed by atoms with Crippen molar-refractivity contribution in [2.75, 3.05) is 0 Å². The van der Waals surface area contributed by atoms with E-state index in [1.165, 1.54) is 18.3 Å². The highest BCUT2D eigenvalue weighted by Gasteiger charge is 2.21. The highest BCUT2D eigenvalue weighted by molar-refractivity contribution is 7.89. The Kier molecular flexibility index (Phi) is 4.41. The van der Waals surface area contributed by atoms with Gasteiger partial charge in [-0.25, -0.2) is 8.42 Å². The standard InChI is InChI=1S/C16H14N2O2S/c1-14-7-9-16(10-8-14)21(19,20)18(13-17)12-11-15-5-3-2-4-6-15/h2-12H,1H3/b12-11+. The zero-order valence-corrected chi connectivity index (χ0v) is 12.3. The summed E-state index contributed by atoms with van der Waals surface area (Å²) in [7, 11) is -3.85. The first-order valence-corrected chi connectivity index (χ1v) is 7.72. The zero-order chi connectivity index (χ0) is 15.3. The van der Waals surface area contributed by atoms with E-state index in [1.807, 2.05) is 37.3 Å². The van der Waals surface area contributed by atoms with E-state index in [0.717, 1.165) is 11.1 Å². The molecule has 0 saturated carbocycles. The number of nitriles is 1. The van der Waals surface area contributed by atoms with Crippen LogP contribution in [0.3, 0.4) is 0 Å². The Morgan fingerprint density at radius 3 is 2.24 bits per heavy atom. The third-order valence-corrected chi connectivity index (χ3v) is 4.47. The molecule has 2 aromatic carbocycles. The Bertz CT molecular complexity index is 773. The molecular formula is C16H14N2O2S. The lowest BCUT2D eigenvalue weighted by atomic mass is 10.2. The second-order valence-corrected chi connectivity index (χ2v) is 6.26. The summed E-state index contributed by atoms with van der Waals surface area (Å²) >= 11 is 0. The minimum Gasteiger partial charge on any atom is -0.200 e. The molecule has 5 heteroatoms. The zero-order valence-electron chi connectivity index (χ0n) is 11.5. The maximum atomic E-state index is 12.3. The van der Waals surface area contributed by atoms with Crippen LogP contribution in [0.4, 0.5) is 0 Å². The summed E-state index contributed by atoms with van der Waals surface area (Å²) in [4.78, 5) is 0.0901. The van der Waals surface area contributed by atoms with Gasteiger partial charge in [0.2, 0.25) is 0 Å². The van der Waals surface area contributed by atoms with Gasteiger partial charge in [0.15, 0.2) is 6.19 Å². The van der Waals surface area contributed by atoms with Crippen LogP contribution in [0.25, 0.3) is 6.08 Å². The monoisotopic (exact) mass is 298 g/mol. The lowest BCUT2D eigenvalue weighted by molar-refractivity contribution is 0.557. The van der Waals surface area contributed by atoms with Crippen molar-refractivity contribution in [1.29, 1.82) is 5.26 Å². The van der Waals surface area contributed by atoms with Crippen molar-refractivity contribution >= 4 is 16.1 Å². The van der Waals surface area contributed by atoms with Gasteiger partial charge in [-0.2, -0.15) is 9.57 Å². The van der Waals surface area contributed by atoms with Crippen molar-refractivity contribution in [3.8, 4) is 6.19 Å². The van der Waals surface area contributed by atoms with E-state index in [0.29, 0.717) is 4.31 Å². The Balaban J connectivity index is 2.31. The van der Waals surface area contributed by atoms with Gasteiger partial charge in [-0.05, 0) is 30.7 Å². The Labute approximate surface area is 124 Å². The Morgan fingerprint density at radius 2 is 1.67 bits per heavy atom. The quantitative estimate of drug-likeness (QED) is 0.643. The fourth-order valence-electron chi connectivity index (χ4n) is 1.71. The fourth-order valence-corrected chi connectivity index (χ4v) is 2.74. The highest BCUT2D eigenvalue weighted by Crippen LogP contribution is 2.16. The molecule has 0 atom stereocenters. The molecule has 0 spiro atoms. The maximum Gasteiger partial charge on any atom is 0.276 e. The molecule has 106 valence electrons. The highest BCUT2D eigenvalue weighted by atomic mass is 32.2. The van der Waals surface area contributed by atoms with Crippen LogP contribution in [0, 0.1) is 18.4 Å². The van der Waals surface area contributed by atoms with Crippen LogP contribution in [0.5, 0.6) is 0 Å². The van der Waals surface area contributed by atoms with Crippen molar-refractivity contribution < 1.29 is 8.42 Å². The molecule has 0 aliphatic rings. The molecule has 2 aromatic rings. The second-order valence-electron chi connectivity index (χ2n) is 4.44. The van der Waals surface area contributed by atoms with Crippen molar-refractivity contribution in [3.63, 3.8) is 0 Å². The summed E-state index contributed by atoms with van der Waals surface area (Å²) in [5, 5.41) is 9.10. The molecule has 0 unspecified atom stereocenters. The summed E-state index contributed by atoms with van der Waals surface area (Å²) in [6.45, 7) is 1.87. The average Bonchev–Trinajstić information content (AvgIpc) is 2.49. The number of nitrogens with zero attached hydrogens (tertiary/aromatic N) is 2. The molecule has 4 nitrogen and oxygen atoms in total. The van der Waals surface area contributed by atoms with Crippen molar-refractivity contribution in [2.45, 2.75) is 11.8 Å². The smallest absolute Gasteiger partial charge is 0.200 e. The minimum atomic E-state index is -3.85. The van der Waals surface area contributed by atoms with E-state index in [-0.39, 0.29) is 4.90 Å². The van der Waals surface area contributed by atoms with Gasteiger partial charge in [-0.1, -0.05) is 48.0 Å². The number of sulfonamides is 1. The molecular weight excluding hydrogens is 284 g/mol. The summed E-state index contributed by atoms with van der Waals surface area (Å²) in [5.41, 5.74) is 1.77. The molecule has 0 aromatic heterocycles. The van der Waals surface area contributed by atoms with Crippen LogP contribution in [0.2, 0.25) is 0 Å². The molecule has 0 aliphatic heterocycles. The molecule has 0 heterocycles. The second kappa shape index (κ2) is 6.25. The van der Waals surface area contributed by atoms with Gasteiger partial charge in [-0.15, -0.1) is 0 Å². The molecule has 0 amide bonds. The molecule has 0 N–H and O–H groups in total. The summed E-state index contributed by atoms with van der Waals surface area (Å²) in [6, 6.07) is 15.6. The molecule has 0 bridgehead atoms. The van der Waals surface area contributed by atoms with Crippen molar-refractivity contribution in [1.82, 2.24) is 4.31 Å². The molecule has 2 rings (SSSR count). The van der Waals surface area contributed by atoms with Gasteiger partial charge < -0.3 is 0 Å². The van der Waals surface area contributed by atoms with Crippen LogP contribution in [0.15, 0.2) is 65.7 Å². The average molecular weight is 298 g/mol. The number of rotatable bonds is 4. The predicted octanol–water partition coefficient (Wildman–Crippen LogP) is 3.14. The molecule has 0 saturated heterocycles. The van der Waals surface area contributed by atoms with E-state index >= 15 is 0 Å². The van der Waals surface area contributed by atoms with E-state index < -0.39 is 10.0 Å². The molecule has 0 fully saturated rings. The SMILES string of the molecule is Cc1ccc(S(=O)(=O)N(C#N)/C=C/c2ccccc2)cc1. The maximum absolute atomic E-state index is 12.3. The number of hydrogen-bond acceptors (Lipinski definition) is 3. The van der Waals surface area contributed by atoms with Crippen LogP contribution < -0.4 is 0 Å². The summed E-state index contributed by atoms with van der Waals surface area (Å²) in [6.07, 6.45) is 4.52. The minimum absolute atomic E-state index is 0.0901. The number of benzene rings is 2. The molecule has 21 heavy (non-hydrogen) atoms. The van der Waals surface area contributed by atoms with Crippen LogP contribution in [0.1, 0.15) is 11.1 Å². The lowest BCUT2D eigenvalue weighted by Crippen LogP contribution is -2.20. The van der Waals surface area contributed by atoms with Crippen molar-refractivity contribution in [3.05, 3.63) is 71.9 Å². The lowest BCUT2D eigenvalue weighted by Gasteiger charge is -2.11. The first kappa shape index (κ1) is 14.8. The van der Waals surface area contributed by atoms with Crippen LogP contribution in [-0.2, 0) is 10.0 Å². The van der Waals surface area contributed by atoms with E-state index in [2.05, 4.69) is 0 Å². The number of aryl methyl sites for hydroxylation is 1. The molecule has 0 aliphatic carbocycles. The normalized spacial score (nSPS) is 11.2. The van der Waals surface area contributed by atoms with E-state index in [4.69, 9.17) is 5.26 Å².